The Morgan fingerprint density at radius 1 is 1.21 bits per heavy atom. The fraction of sp³-hybridized carbons (Fsp3) is 0.611. The number of hydrogen-bond donors (Lipinski definition) is 1. The van der Waals surface area contributed by atoms with E-state index in [4.69, 9.17) is 0 Å². The lowest BCUT2D eigenvalue weighted by atomic mass is 10.1. The lowest BCUT2D eigenvalue weighted by Crippen LogP contribution is -2.50. The largest absolute Gasteiger partial charge is 0.416 e. The van der Waals surface area contributed by atoms with E-state index in [1.165, 1.54) is 0 Å². The van der Waals surface area contributed by atoms with E-state index in [1.807, 2.05) is 25.7 Å². The van der Waals surface area contributed by atoms with E-state index >= 15 is 0 Å². The Kier molecular flexibility index (Phi) is 6.87. The average Bonchev–Trinajstić information content (AvgIpc) is 2.60. The third-order valence-corrected chi connectivity index (χ3v) is 4.97. The minimum absolute atomic E-state index is 0.0589. The Morgan fingerprint density at radius 3 is 2.32 bits per heavy atom. The molecule has 0 spiro atoms. The highest BCUT2D eigenvalue weighted by Gasteiger charge is 2.34. The molecule has 1 fully saturated rings. The number of rotatable bonds is 6. The quantitative estimate of drug-likeness (QED) is 0.585. The molecule has 10 heteroatoms. The molecule has 0 bridgehead atoms. The number of nitro benzene ring substituents is 1. The van der Waals surface area contributed by atoms with Crippen LogP contribution in [0.5, 0.6) is 0 Å². The number of piperazine rings is 1. The van der Waals surface area contributed by atoms with Crippen molar-refractivity contribution in [1.29, 1.82) is 0 Å². The summed E-state index contributed by atoms with van der Waals surface area (Å²) in [6.07, 6.45) is -4.64. The van der Waals surface area contributed by atoms with Crippen LogP contribution in [0.3, 0.4) is 0 Å². The smallest absolute Gasteiger partial charge is 0.363 e. The Morgan fingerprint density at radius 2 is 1.82 bits per heavy atom. The highest BCUT2D eigenvalue weighted by Crippen LogP contribution is 2.36. The second-order valence-electron chi connectivity index (χ2n) is 7.32. The molecular weight excluding hydrogens is 377 g/mol. The van der Waals surface area contributed by atoms with Crippen molar-refractivity contribution in [1.82, 2.24) is 10.2 Å². The number of halogens is 3. The van der Waals surface area contributed by atoms with Crippen molar-refractivity contribution in [2.45, 2.75) is 33.0 Å². The van der Waals surface area contributed by atoms with E-state index in [2.05, 4.69) is 5.32 Å². The zero-order valence-electron chi connectivity index (χ0n) is 16.1. The summed E-state index contributed by atoms with van der Waals surface area (Å²) in [5.41, 5.74) is -1.44. The van der Waals surface area contributed by atoms with Crippen LogP contribution in [0.25, 0.3) is 0 Å². The number of anilines is 1. The molecule has 156 valence electrons. The van der Waals surface area contributed by atoms with E-state index in [1.54, 1.807) is 4.90 Å². The van der Waals surface area contributed by atoms with Gasteiger partial charge in [0.05, 0.1) is 17.0 Å². The number of nitrogens with zero attached hydrogens (tertiary/aromatic N) is 3. The van der Waals surface area contributed by atoms with Gasteiger partial charge in [0, 0.05) is 38.3 Å². The van der Waals surface area contributed by atoms with Crippen molar-refractivity contribution in [3.63, 3.8) is 0 Å². The van der Waals surface area contributed by atoms with E-state index in [0.29, 0.717) is 38.2 Å². The predicted octanol–water partition coefficient (Wildman–Crippen LogP) is 2.90. The number of carbonyl (C=O) groups excluding carboxylic acids is 1. The summed E-state index contributed by atoms with van der Waals surface area (Å²) >= 11 is 0. The normalized spacial score (nSPS) is 16.9. The monoisotopic (exact) mass is 402 g/mol. The molecule has 0 unspecified atom stereocenters. The van der Waals surface area contributed by atoms with Crippen molar-refractivity contribution in [2.24, 2.45) is 5.92 Å². The Balaban J connectivity index is 2.01. The van der Waals surface area contributed by atoms with Gasteiger partial charge in [-0.15, -0.1) is 0 Å². The zero-order chi connectivity index (χ0) is 21.1. The fourth-order valence-electron chi connectivity index (χ4n) is 2.93. The first-order valence-electron chi connectivity index (χ1n) is 9.11. The third kappa shape index (κ3) is 5.57. The minimum atomic E-state index is -4.64. The standard InChI is InChI=1S/C18H25F3N4O3/c1-12(2)13(3)22-17(26)11-23-6-8-24(9-7-23)15-5-4-14(18(19,20)21)10-16(15)25(27)28/h4-5,10,12-13H,6-9,11H2,1-3H3,(H,22,26)/t13-/m0/s1. The molecule has 0 radical (unpaired) electrons. The summed E-state index contributed by atoms with van der Waals surface area (Å²) in [5, 5.41) is 14.2. The Hall–Kier alpha value is -2.36. The number of nitrogens with one attached hydrogen (secondary N) is 1. The number of benzene rings is 1. The van der Waals surface area contributed by atoms with Gasteiger partial charge in [-0.25, -0.2) is 0 Å². The highest BCUT2D eigenvalue weighted by atomic mass is 19.4. The maximum absolute atomic E-state index is 12.8. The van der Waals surface area contributed by atoms with Crippen LogP contribution in [0.4, 0.5) is 24.5 Å². The summed E-state index contributed by atoms with van der Waals surface area (Å²) in [4.78, 5) is 26.2. The minimum Gasteiger partial charge on any atom is -0.363 e. The molecule has 1 heterocycles. The van der Waals surface area contributed by atoms with E-state index in [9.17, 15) is 28.1 Å². The average molecular weight is 402 g/mol. The van der Waals surface area contributed by atoms with Crippen LogP contribution >= 0.6 is 0 Å². The summed E-state index contributed by atoms with van der Waals surface area (Å²) in [7, 11) is 0. The molecule has 28 heavy (non-hydrogen) atoms. The summed E-state index contributed by atoms with van der Waals surface area (Å²) in [5.74, 6) is 0.233. The fourth-order valence-corrected chi connectivity index (χ4v) is 2.93. The maximum Gasteiger partial charge on any atom is 0.416 e. The summed E-state index contributed by atoms with van der Waals surface area (Å²) in [6, 6.07) is 2.63. The molecule has 0 aliphatic carbocycles. The van der Waals surface area contributed by atoms with E-state index < -0.39 is 22.4 Å². The van der Waals surface area contributed by atoms with Crippen LogP contribution in [-0.4, -0.2) is 54.5 Å². The van der Waals surface area contributed by atoms with E-state index in [-0.39, 0.29) is 24.2 Å². The molecule has 1 N–H and O–H groups in total. The Labute approximate surface area is 161 Å². The lowest BCUT2D eigenvalue weighted by Gasteiger charge is -2.35. The van der Waals surface area contributed by atoms with Gasteiger partial charge in [-0.3, -0.25) is 19.8 Å². The van der Waals surface area contributed by atoms with Crippen LogP contribution in [0.1, 0.15) is 26.3 Å². The SMILES string of the molecule is CC(C)[C@H](C)NC(=O)CN1CCN(c2ccc(C(F)(F)F)cc2[N+](=O)[O-])CC1. The molecule has 7 nitrogen and oxygen atoms in total. The molecule has 1 aromatic carbocycles. The van der Waals surface area contributed by atoms with Crippen LogP contribution in [-0.2, 0) is 11.0 Å². The molecular formula is C18H25F3N4O3. The number of carbonyl (C=O) groups is 1. The molecule has 2 rings (SSSR count). The molecule has 0 saturated carbocycles. The van der Waals surface area contributed by atoms with Crippen molar-refractivity contribution < 1.29 is 22.9 Å². The maximum atomic E-state index is 12.8. The third-order valence-electron chi connectivity index (χ3n) is 4.97. The van der Waals surface area contributed by atoms with Gasteiger partial charge in [0.1, 0.15) is 5.69 Å². The van der Waals surface area contributed by atoms with Crippen LogP contribution < -0.4 is 10.2 Å². The highest BCUT2D eigenvalue weighted by molar-refractivity contribution is 5.78. The number of alkyl halides is 3. The zero-order valence-corrected chi connectivity index (χ0v) is 16.1. The Bertz CT molecular complexity index is 717. The second kappa shape index (κ2) is 8.76. The van der Waals surface area contributed by atoms with Crippen LogP contribution in [0, 0.1) is 16.0 Å². The first-order valence-corrected chi connectivity index (χ1v) is 9.11. The van der Waals surface area contributed by atoms with Gasteiger partial charge in [-0.05, 0) is 25.0 Å². The van der Waals surface area contributed by atoms with Gasteiger partial charge < -0.3 is 10.2 Å². The number of amides is 1. The van der Waals surface area contributed by atoms with Crippen LogP contribution in [0.15, 0.2) is 18.2 Å². The van der Waals surface area contributed by atoms with Gasteiger partial charge in [0.25, 0.3) is 5.69 Å². The van der Waals surface area contributed by atoms with Crippen molar-refractivity contribution in [2.75, 3.05) is 37.6 Å². The first-order chi connectivity index (χ1) is 13.0. The first kappa shape index (κ1) is 21.9. The molecule has 1 atom stereocenters. The van der Waals surface area contributed by atoms with Crippen LogP contribution in [0.2, 0.25) is 0 Å². The topological polar surface area (TPSA) is 78.7 Å². The van der Waals surface area contributed by atoms with Crippen molar-refractivity contribution in [3.8, 4) is 0 Å². The molecule has 0 aromatic heterocycles. The summed E-state index contributed by atoms with van der Waals surface area (Å²) < 4.78 is 38.5. The molecule has 1 amide bonds. The molecule has 1 aromatic rings. The predicted molar refractivity (Wildman–Crippen MR) is 99.2 cm³/mol. The lowest BCUT2D eigenvalue weighted by molar-refractivity contribution is -0.384. The van der Waals surface area contributed by atoms with Gasteiger partial charge in [-0.2, -0.15) is 13.2 Å². The van der Waals surface area contributed by atoms with Gasteiger partial charge in [0.2, 0.25) is 5.91 Å². The second-order valence-corrected chi connectivity index (χ2v) is 7.32. The number of nitro groups is 1. The van der Waals surface area contributed by atoms with Crippen molar-refractivity contribution in [3.05, 3.63) is 33.9 Å². The number of hydrogen-bond acceptors (Lipinski definition) is 5. The molecule has 1 aliphatic rings. The van der Waals surface area contributed by atoms with Crippen molar-refractivity contribution >= 4 is 17.3 Å². The molecule has 1 aliphatic heterocycles. The molecule has 1 saturated heterocycles. The summed E-state index contributed by atoms with van der Waals surface area (Å²) in [6.45, 7) is 7.94. The van der Waals surface area contributed by atoms with E-state index in [0.717, 1.165) is 12.1 Å². The van der Waals surface area contributed by atoms with Gasteiger partial charge in [0.15, 0.2) is 0 Å². The van der Waals surface area contributed by atoms with Gasteiger partial charge in [-0.1, -0.05) is 13.8 Å². The van der Waals surface area contributed by atoms with Gasteiger partial charge >= 0.3 is 6.18 Å².